The van der Waals surface area contributed by atoms with Crippen LogP contribution in [0.25, 0.3) is 0 Å². The number of benzene rings is 2. The summed E-state index contributed by atoms with van der Waals surface area (Å²) in [5.74, 6) is -0.363. The van der Waals surface area contributed by atoms with Crippen LogP contribution in [0.5, 0.6) is 5.75 Å². The Balaban J connectivity index is 2.15. The number of carbonyl (C=O) groups excluding carboxylic acids is 2. The Hall–Kier alpha value is -2.36. The van der Waals surface area contributed by atoms with E-state index in [1.54, 1.807) is 36.0 Å². The molecule has 0 aliphatic carbocycles. The minimum atomic E-state index is -0.777. The van der Waals surface area contributed by atoms with Gasteiger partial charge in [-0.05, 0) is 55.1 Å². The van der Waals surface area contributed by atoms with E-state index in [2.05, 4.69) is 17.9 Å². The molecule has 2 aromatic rings. The van der Waals surface area contributed by atoms with Gasteiger partial charge in [-0.2, -0.15) is 12.6 Å². The molecule has 0 aliphatic rings. The molecule has 1 amide bonds. The summed E-state index contributed by atoms with van der Waals surface area (Å²) in [7, 11) is 0. The first-order chi connectivity index (χ1) is 15.0. The summed E-state index contributed by atoms with van der Waals surface area (Å²) in [5, 5.41) is 12.3. The van der Waals surface area contributed by atoms with E-state index in [0.29, 0.717) is 24.3 Å². The summed E-state index contributed by atoms with van der Waals surface area (Å²) in [5.41, 5.74) is 1.24. The zero-order valence-corrected chi connectivity index (χ0v) is 19.2. The number of ether oxygens (including phenoxy) is 3. The molecule has 0 radical (unpaired) electrons. The van der Waals surface area contributed by atoms with Gasteiger partial charge in [0, 0.05) is 23.6 Å². The van der Waals surface area contributed by atoms with E-state index >= 15 is 0 Å². The molecule has 2 rings (SSSR count). The Morgan fingerprint density at radius 1 is 1.13 bits per heavy atom. The van der Waals surface area contributed by atoms with E-state index in [4.69, 9.17) is 14.2 Å². The fourth-order valence-electron chi connectivity index (χ4n) is 2.83. The molecule has 0 spiro atoms. The SMILES string of the molecule is CCO[C@@H](CCOC(=O)CS)[C@@H](OC(=O)Nc1ccc(SC)cc1)c1ccc(O)cc1. The highest BCUT2D eigenvalue weighted by molar-refractivity contribution is 7.98. The molecular weight excluding hydrogens is 438 g/mol. The van der Waals surface area contributed by atoms with Crippen molar-refractivity contribution < 1.29 is 28.9 Å². The average Bonchev–Trinajstić information content (AvgIpc) is 2.78. The predicted octanol–water partition coefficient (Wildman–Crippen LogP) is 4.67. The number of nitrogens with one attached hydrogen (secondary N) is 1. The Kier molecular flexibility index (Phi) is 10.6. The van der Waals surface area contributed by atoms with E-state index in [0.717, 1.165) is 4.90 Å². The van der Waals surface area contributed by atoms with Gasteiger partial charge in [-0.3, -0.25) is 10.1 Å². The quantitative estimate of drug-likeness (QED) is 0.252. The van der Waals surface area contributed by atoms with Gasteiger partial charge in [0.25, 0.3) is 0 Å². The number of thioether (sulfide) groups is 1. The first kappa shape index (κ1) is 24.9. The molecule has 2 atom stereocenters. The summed E-state index contributed by atoms with van der Waals surface area (Å²) in [6, 6.07) is 13.7. The number of anilines is 1. The van der Waals surface area contributed by atoms with E-state index in [1.807, 2.05) is 25.3 Å². The van der Waals surface area contributed by atoms with Gasteiger partial charge >= 0.3 is 12.1 Å². The lowest BCUT2D eigenvalue weighted by molar-refractivity contribution is -0.142. The molecule has 0 heterocycles. The van der Waals surface area contributed by atoms with Gasteiger partial charge in [0.15, 0.2) is 6.10 Å². The van der Waals surface area contributed by atoms with Gasteiger partial charge in [-0.25, -0.2) is 4.79 Å². The topological polar surface area (TPSA) is 94.1 Å². The van der Waals surface area contributed by atoms with Gasteiger partial charge in [-0.1, -0.05) is 12.1 Å². The molecular formula is C22H27NO6S2. The maximum absolute atomic E-state index is 12.6. The molecule has 2 aromatic carbocycles. The lowest BCUT2D eigenvalue weighted by Gasteiger charge is -2.27. The van der Waals surface area contributed by atoms with E-state index in [-0.39, 0.29) is 18.1 Å². The average molecular weight is 466 g/mol. The molecule has 9 heteroatoms. The largest absolute Gasteiger partial charge is 0.508 e. The molecule has 0 saturated heterocycles. The Bertz CT molecular complexity index is 829. The maximum atomic E-state index is 12.6. The van der Waals surface area contributed by atoms with E-state index < -0.39 is 24.3 Å². The standard InChI is InChI=1S/C22H27NO6S2/c1-3-27-19(12-13-28-20(25)14-30)21(15-4-8-17(24)9-5-15)29-22(26)23-16-6-10-18(31-2)11-7-16/h4-11,19,21,24,30H,3,12-14H2,1-2H3,(H,23,26)/t19-,21-/m0/s1. The number of hydrogen-bond acceptors (Lipinski definition) is 8. The number of rotatable bonds is 11. The molecule has 0 aromatic heterocycles. The molecule has 0 fully saturated rings. The van der Waals surface area contributed by atoms with Crippen LogP contribution >= 0.6 is 24.4 Å². The van der Waals surface area contributed by atoms with Crippen LogP contribution in [0.1, 0.15) is 25.0 Å². The molecule has 2 N–H and O–H groups in total. The number of amides is 1. The van der Waals surface area contributed by atoms with Crippen molar-refractivity contribution in [1.29, 1.82) is 0 Å². The van der Waals surface area contributed by atoms with Crippen molar-refractivity contribution in [1.82, 2.24) is 0 Å². The third-order valence-corrected chi connectivity index (χ3v) is 5.31. The molecule has 0 unspecified atom stereocenters. The van der Waals surface area contributed by atoms with Crippen molar-refractivity contribution in [3.63, 3.8) is 0 Å². The van der Waals surface area contributed by atoms with Crippen molar-refractivity contribution in [2.24, 2.45) is 0 Å². The summed E-state index contributed by atoms with van der Waals surface area (Å²) >= 11 is 5.49. The van der Waals surface area contributed by atoms with Gasteiger partial charge in [0.2, 0.25) is 0 Å². The Morgan fingerprint density at radius 3 is 2.39 bits per heavy atom. The van der Waals surface area contributed by atoms with Crippen molar-refractivity contribution in [2.75, 3.05) is 30.5 Å². The lowest BCUT2D eigenvalue weighted by atomic mass is 10.0. The smallest absolute Gasteiger partial charge is 0.412 e. The summed E-state index contributed by atoms with van der Waals surface area (Å²) in [4.78, 5) is 25.1. The zero-order chi connectivity index (χ0) is 22.6. The Labute approximate surface area is 191 Å². The normalized spacial score (nSPS) is 12.6. The minimum absolute atomic E-state index is 0.0189. The number of esters is 1. The highest BCUT2D eigenvalue weighted by Crippen LogP contribution is 2.28. The highest BCUT2D eigenvalue weighted by atomic mass is 32.2. The van der Waals surface area contributed by atoms with Crippen LogP contribution in [0.3, 0.4) is 0 Å². The predicted molar refractivity (Wildman–Crippen MR) is 124 cm³/mol. The third kappa shape index (κ3) is 8.35. The summed E-state index contributed by atoms with van der Waals surface area (Å²) in [6.07, 6.45) is 0.300. The zero-order valence-electron chi connectivity index (χ0n) is 17.4. The second kappa shape index (κ2) is 13.1. The fraction of sp³-hybridized carbons (Fsp3) is 0.364. The molecule has 168 valence electrons. The minimum Gasteiger partial charge on any atom is -0.508 e. The number of phenols is 1. The molecule has 0 bridgehead atoms. The van der Waals surface area contributed by atoms with Crippen LogP contribution in [-0.4, -0.2) is 48.5 Å². The molecule has 31 heavy (non-hydrogen) atoms. The van der Waals surface area contributed by atoms with Crippen LogP contribution in [0.2, 0.25) is 0 Å². The molecule has 0 saturated carbocycles. The number of aromatic hydroxyl groups is 1. The van der Waals surface area contributed by atoms with Crippen LogP contribution in [-0.2, 0) is 19.0 Å². The van der Waals surface area contributed by atoms with Gasteiger partial charge in [0.05, 0.1) is 12.4 Å². The maximum Gasteiger partial charge on any atom is 0.412 e. The van der Waals surface area contributed by atoms with Crippen molar-refractivity contribution in [3.05, 3.63) is 54.1 Å². The van der Waals surface area contributed by atoms with Crippen LogP contribution < -0.4 is 5.32 Å². The van der Waals surface area contributed by atoms with Gasteiger partial charge in [0.1, 0.15) is 11.9 Å². The fourth-order valence-corrected chi connectivity index (χ4v) is 3.33. The summed E-state index contributed by atoms with van der Waals surface area (Å²) < 4.78 is 16.6. The van der Waals surface area contributed by atoms with Crippen LogP contribution in [0.4, 0.5) is 10.5 Å². The Morgan fingerprint density at radius 2 is 1.81 bits per heavy atom. The van der Waals surface area contributed by atoms with Crippen molar-refractivity contribution in [2.45, 2.75) is 30.4 Å². The van der Waals surface area contributed by atoms with Crippen molar-refractivity contribution in [3.8, 4) is 5.75 Å². The lowest BCUT2D eigenvalue weighted by Crippen LogP contribution is -2.30. The van der Waals surface area contributed by atoms with Gasteiger partial charge in [-0.15, -0.1) is 11.8 Å². The monoisotopic (exact) mass is 465 g/mol. The van der Waals surface area contributed by atoms with E-state index in [9.17, 15) is 14.7 Å². The highest BCUT2D eigenvalue weighted by Gasteiger charge is 2.28. The second-order valence-electron chi connectivity index (χ2n) is 6.43. The number of phenolic OH excluding ortho intramolecular Hbond substituents is 1. The summed E-state index contributed by atoms with van der Waals surface area (Å²) in [6.45, 7) is 2.30. The number of thiol groups is 1. The number of carbonyl (C=O) groups is 2. The van der Waals surface area contributed by atoms with Crippen LogP contribution in [0, 0.1) is 0 Å². The van der Waals surface area contributed by atoms with Crippen molar-refractivity contribution >= 4 is 42.1 Å². The third-order valence-electron chi connectivity index (χ3n) is 4.30. The number of hydrogen-bond donors (Lipinski definition) is 3. The van der Waals surface area contributed by atoms with Crippen LogP contribution in [0.15, 0.2) is 53.4 Å². The van der Waals surface area contributed by atoms with E-state index in [1.165, 1.54) is 12.1 Å². The first-order valence-electron chi connectivity index (χ1n) is 9.75. The van der Waals surface area contributed by atoms with Gasteiger partial charge < -0.3 is 19.3 Å². The first-order valence-corrected chi connectivity index (χ1v) is 11.6. The molecule has 0 aliphatic heterocycles. The second-order valence-corrected chi connectivity index (χ2v) is 7.63. The molecule has 7 nitrogen and oxygen atoms in total.